The fourth-order valence-electron chi connectivity index (χ4n) is 2.33. The van der Waals surface area contributed by atoms with Crippen LogP contribution in [0.1, 0.15) is 28.7 Å². The molecule has 0 aliphatic heterocycles. The van der Waals surface area contributed by atoms with Gasteiger partial charge in [-0.2, -0.15) is 0 Å². The van der Waals surface area contributed by atoms with Gasteiger partial charge in [0.25, 0.3) is 0 Å². The molecule has 1 aromatic carbocycles. The third kappa shape index (κ3) is 2.08. The third-order valence-corrected chi connectivity index (χ3v) is 3.30. The van der Waals surface area contributed by atoms with Crippen LogP contribution < -0.4 is 0 Å². The van der Waals surface area contributed by atoms with E-state index < -0.39 is 11.9 Å². The molecule has 1 N–H and O–H groups in total. The summed E-state index contributed by atoms with van der Waals surface area (Å²) in [6, 6.07) is 8.27. The van der Waals surface area contributed by atoms with Crippen molar-refractivity contribution in [3.63, 3.8) is 0 Å². The minimum atomic E-state index is -0.998. The molecule has 2 aromatic heterocycles. The van der Waals surface area contributed by atoms with Crippen LogP contribution in [0.3, 0.4) is 0 Å². The summed E-state index contributed by atoms with van der Waals surface area (Å²) in [5.41, 5.74) is 2.58. The van der Waals surface area contributed by atoms with E-state index in [4.69, 9.17) is 4.42 Å². The van der Waals surface area contributed by atoms with Crippen molar-refractivity contribution in [3.05, 3.63) is 64.9 Å². The number of fused-ring (bicyclic) bond motifs is 1. The monoisotopic (exact) mass is 271 g/mol. The van der Waals surface area contributed by atoms with E-state index in [1.54, 1.807) is 24.4 Å². The van der Waals surface area contributed by atoms with E-state index in [-0.39, 0.29) is 5.58 Å². The molecule has 1 atom stereocenters. The highest BCUT2D eigenvalue weighted by Gasteiger charge is 2.20. The van der Waals surface area contributed by atoms with Crippen LogP contribution in [0.15, 0.2) is 40.9 Å². The molecular weight excluding hydrogens is 257 g/mol. The Morgan fingerprint density at radius 1 is 1.25 bits per heavy atom. The summed E-state index contributed by atoms with van der Waals surface area (Å²) in [6.45, 7) is 3.81. The minimum absolute atomic E-state index is 0.159. The molecule has 1 unspecified atom stereocenters. The SMILES string of the molecule is Cc1cnc(C(O)c2cc3cccc(F)c3o2)c(C)c1. The summed E-state index contributed by atoms with van der Waals surface area (Å²) >= 11 is 0. The van der Waals surface area contributed by atoms with Crippen molar-refractivity contribution < 1.29 is 13.9 Å². The Balaban J connectivity index is 2.08. The minimum Gasteiger partial charge on any atom is -0.455 e. The predicted octanol–water partition coefficient (Wildman–Crippen LogP) is 3.67. The topological polar surface area (TPSA) is 46.3 Å². The van der Waals surface area contributed by atoms with Crippen LogP contribution in [-0.2, 0) is 0 Å². The lowest BCUT2D eigenvalue weighted by molar-refractivity contribution is 0.186. The normalized spacial score (nSPS) is 12.8. The molecule has 0 aliphatic carbocycles. The molecule has 0 aliphatic rings. The smallest absolute Gasteiger partial charge is 0.170 e. The molecular formula is C16H14FNO2. The Labute approximate surface area is 115 Å². The van der Waals surface area contributed by atoms with Gasteiger partial charge in [0.1, 0.15) is 5.76 Å². The number of furan rings is 1. The summed E-state index contributed by atoms with van der Waals surface area (Å²) in [4.78, 5) is 4.24. The van der Waals surface area contributed by atoms with Crippen LogP contribution >= 0.6 is 0 Å². The predicted molar refractivity (Wildman–Crippen MR) is 73.9 cm³/mol. The van der Waals surface area contributed by atoms with Gasteiger partial charge in [-0.15, -0.1) is 0 Å². The van der Waals surface area contributed by atoms with Crippen LogP contribution in [0.4, 0.5) is 4.39 Å². The molecule has 4 heteroatoms. The number of pyridine rings is 1. The molecule has 3 rings (SSSR count). The molecule has 20 heavy (non-hydrogen) atoms. The van der Waals surface area contributed by atoms with Crippen molar-refractivity contribution in [1.29, 1.82) is 0 Å². The van der Waals surface area contributed by atoms with Crippen molar-refractivity contribution in [3.8, 4) is 0 Å². The molecule has 0 spiro atoms. The van der Waals surface area contributed by atoms with Gasteiger partial charge in [0.2, 0.25) is 0 Å². The average Bonchev–Trinajstić information content (AvgIpc) is 2.83. The van der Waals surface area contributed by atoms with Crippen LogP contribution in [0.25, 0.3) is 11.0 Å². The lowest BCUT2D eigenvalue weighted by Gasteiger charge is -2.10. The van der Waals surface area contributed by atoms with Gasteiger partial charge < -0.3 is 9.52 Å². The number of halogens is 1. The van der Waals surface area contributed by atoms with Gasteiger partial charge >= 0.3 is 0 Å². The second kappa shape index (κ2) is 4.72. The van der Waals surface area contributed by atoms with Gasteiger partial charge in [0.15, 0.2) is 17.5 Å². The zero-order valence-electron chi connectivity index (χ0n) is 11.2. The van der Waals surface area contributed by atoms with Crippen molar-refractivity contribution in [2.45, 2.75) is 20.0 Å². The molecule has 0 saturated carbocycles. The standard InChI is InChI=1S/C16H14FNO2/c1-9-6-10(2)14(18-8-9)15(19)13-7-11-4-3-5-12(17)16(11)20-13/h3-8,15,19H,1-2H3. The lowest BCUT2D eigenvalue weighted by Crippen LogP contribution is -2.04. The van der Waals surface area contributed by atoms with E-state index >= 15 is 0 Å². The number of rotatable bonds is 2. The highest BCUT2D eigenvalue weighted by Crippen LogP contribution is 2.30. The molecule has 0 radical (unpaired) electrons. The molecule has 2 heterocycles. The lowest BCUT2D eigenvalue weighted by atomic mass is 10.1. The van der Waals surface area contributed by atoms with Crippen molar-refractivity contribution in [2.24, 2.45) is 0 Å². The van der Waals surface area contributed by atoms with E-state index in [1.807, 2.05) is 19.9 Å². The van der Waals surface area contributed by atoms with E-state index in [0.717, 1.165) is 11.1 Å². The maximum atomic E-state index is 13.6. The van der Waals surface area contributed by atoms with Gasteiger partial charge in [-0.05, 0) is 37.1 Å². The molecule has 3 aromatic rings. The van der Waals surface area contributed by atoms with Crippen molar-refractivity contribution in [1.82, 2.24) is 4.98 Å². The van der Waals surface area contributed by atoms with E-state index in [1.165, 1.54) is 6.07 Å². The van der Waals surface area contributed by atoms with Crippen molar-refractivity contribution >= 4 is 11.0 Å². The molecule has 3 nitrogen and oxygen atoms in total. The maximum absolute atomic E-state index is 13.6. The quantitative estimate of drug-likeness (QED) is 0.773. The summed E-state index contributed by atoms with van der Waals surface area (Å²) in [6.07, 6.45) is 0.691. The fourth-order valence-corrected chi connectivity index (χ4v) is 2.33. The van der Waals surface area contributed by atoms with Gasteiger partial charge in [0, 0.05) is 11.6 Å². The highest BCUT2D eigenvalue weighted by atomic mass is 19.1. The molecule has 0 saturated heterocycles. The van der Waals surface area contributed by atoms with E-state index in [9.17, 15) is 9.50 Å². The first-order chi connectivity index (χ1) is 9.56. The summed E-state index contributed by atoms with van der Waals surface area (Å²) in [5, 5.41) is 11.0. The Kier molecular flexibility index (Phi) is 3.03. The number of aliphatic hydroxyl groups is 1. The third-order valence-electron chi connectivity index (χ3n) is 3.30. The number of hydrogen-bond donors (Lipinski definition) is 1. The molecule has 0 bridgehead atoms. The van der Waals surface area contributed by atoms with Crippen LogP contribution in [0, 0.1) is 19.7 Å². The van der Waals surface area contributed by atoms with Gasteiger partial charge in [0.05, 0.1) is 5.69 Å². The summed E-state index contributed by atoms with van der Waals surface area (Å²) < 4.78 is 19.0. The zero-order chi connectivity index (χ0) is 14.3. The fraction of sp³-hybridized carbons (Fsp3) is 0.188. The number of benzene rings is 1. The average molecular weight is 271 g/mol. The maximum Gasteiger partial charge on any atom is 0.170 e. The van der Waals surface area contributed by atoms with Gasteiger partial charge in [-0.25, -0.2) is 4.39 Å². The first kappa shape index (κ1) is 12.8. The Morgan fingerprint density at radius 2 is 2.05 bits per heavy atom. The zero-order valence-corrected chi connectivity index (χ0v) is 11.2. The number of para-hydroxylation sites is 1. The second-order valence-electron chi connectivity index (χ2n) is 4.92. The number of aliphatic hydroxyl groups excluding tert-OH is 1. The van der Waals surface area contributed by atoms with E-state index in [0.29, 0.717) is 16.8 Å². The number of aryl methyl sites for hydroxylation is 2. The summed E-state index contributed by atoms with van der Waals surface area (Å²) in [7, 11) is 0. The number of nitrogens with zero attached hydrogens (tertiary/aromatic N) is 1. The van der Waals surface area contributed by atoms with Crippen LogP contribution in [0.5, 0.6) is 0 Å². The number of aromatic nitrogens is 1. The molecule has 0 amide bonds. The van der Waals surface area contributed by atoms with Gasteiger partial charge in [-0.1, -0.05) is 18.2 Å². The second-order valence-corrected chi connectivity index (χ2v) is 4.92. The van der Waals surface area contributed by atoms with Crippen molar-refractivity contribution in [2.75, 3.05) is 0 Å². The Morgan fingerprint density at radius 3 is 2.75 bits per heavy atom. The first-order valence-corrected chi connectivity index (χ1v) is 6.35. The Hall–Kier alpha value is -2.20. The van der Waals surface area contributed by atoms with Gasteiger partial charge in [-0.3, -0.25) is 4.98 Å². The van der Waals surface area contributed by atoms with E-state index in [2.05, 4.69) is 4.98 Å². The molecule has 102 valence electrons. The Bertz CT molecular complexity index is 779. The van der Waals surface area contributed by atoms with Crippen LogP contribution in [-0.4, -0.2) is 10.1 Å². The first-order valence-electron chi connectivity index (χ1n) is 6.35. The molecule has 0 fully saturated rings. The largest absolute Gasteiger partial charge is 0.455 e. The number of hydrogen-bond acceptors (Lipinski definition) is 3. The van der Waals surface area contributed by atoms with Crippen LogP contribution in [0.2, 0.25) is 0 Å². The highest BCUT2D eigenvalue weighted by molar-refractivity contribution is 5.78. The summed E-state index contributed by atoms with van der Waals surface area (Å²) in [5.74, 6) is -0.140.